The third kappa shape index (κ3) is 4.11. The lowest BCUT2D eigenvalue weighted by molar-refractivity contribution is 0.292. The van der Waals surface area contributed by atoms with E-state index in [1.165, 1.54) is 0 Å². The normalized spacial score (nSPS) is 10.3. The zero-order chi connectivity index (χ0) is 14.2. The predicted molar refractivity (Wildman–Crippen MR) is 75.8 cm³/mol. The number of aromatic nitrogens is 3. The summed E-state index contributed by atoms with van der Waals surface area (Å²) in [7, 11) is 0. The van der Waals surface area contributed by atoms with Crippen molar-refractivity contribution in [2.75, 3.05) is 23.8 Å². The summed E-state index contributed by atoms with van der Waals surface area (Å²) < 4.78 is 10.7. The van der Waals surface area contributed by atoms with Gasteiger partial charge in [-0.05, 0) is 25.5 Å². The van der Waals surface area contributed by atoms with E-state index in [0.29, 0.717) is 31.1 Å². The van der Waals surface area contributed by atoms with E-state index in [2.05, 4.69) is 25.6 Å². The minimum atomic E-state index is 0.319. The van der Waals surface area contributed by atoms with Crippen molar-refractivity contribution in [3.8, 4) is 6.01 Å². The molecule has 2 aromatic rings. The number of ether oxygens (including phenoxy) is 1. The highest BCUT2D eigenvalue weighted by Gasteiger charge is 2.07. The van der Waals surface area contributed by atoms with E-state index in [4.69, 9.17) is 9.15 Å². The third-order valence-corrected chi connectivity index (χ3v) is 2.39. The smallest absolute Gasteiger partial charge is 0.323 e. The molecule has 0 saturated heterocycles. The molecule has 2 aromatic heterocycles. The van der Waals surface area contributed by atoms with Gasteiger partial charge in [-0.1, -0.05) is 6.92 Å². The van der Waals surface area contributed by atoms with E-state index in [1.54, 1.807) is 6.26 Å². The van der Waals surface area contributed by atoms with Crippen LogP contribution in [0.25, 0.3) is 0 Å². The van der Waals surface area contributed by atoms with Gasteiger partial charge in [-0.25, -0.2) is 0 Å². The first-order valence-corrected chi connectivity index (χ1v) is 6.70. The van der Waals surface area contributed by atoms with Gasteiger partial charge in [0.15, 0.2) is 0 Å². The summed E-state index contributed by atoms with van der Waals surface area (Å²) in [5, 5.41) is 6.14. The van der Waals surface area contributed by atoms with Crippen molar-refractivity contribution in [1.29, 1.82) is 0 Å². The maximum absolute atomic E-state index is 5.45. The Morgan fingerprint density at radius 3 is 2.60 bits per heavy atom. The van der Waals surface area contributed by atoms with Gasteiger partial charge in [-0.3, -0.25) is 0 Å². The zero-order valence-electron chi connectivity index (χ0n) is 11.7. The van der Waals surface area contributed by atoms with Crippen LogP contribution in [0.2, 0.25) is 0 Å². The van der Waals surface area contributed by atoms with Crippen LogP contribution in [0.4, 0.5) is 11.9 Å². The maximum atomic E-state index is 5.45. The fourth-order valence-corrected chi connectivity index (χ4v) is 1.51. The molecule has 20 heavy (non-hydrogen) atoms. The van der Waals surface area contributed by atoms with Gasteiger partial charge in [0.05, 0.1) is 19.4 Å². The Morgan fingerprint density at radius 1 is 1.15 bits per heavy atom. The third-order valence-electron chi connectivity index (χ3n) is 2.39. The average Bonchev–Trinajstić information content (AvgIpc) is 2.96. The van der Waals surface area contributed by atoms with Crippen molar-refractivity contribution in [1.82, 2.24) is 15.0 Å². The van der Waals surface area contributed by atoms with Crippen LogP contribution in [-0.4, -0.2) is 28.1 Å². The molecule has 7 heteroatoms. The molecule has 0 amide bonds. The highest BCUT2D eigenvalue weighted by molar-refractivity contribution is 5.36. The minimum absolute atomic E-state index is 0.319. The zero-order valence-corrected chi connectivity index (χ0v) is 11.7. The summed E-state index contributed by atoms with van der Waals surface area (Å²) in [6, 6.07) is 4.04. The first kappa shape index (κ1) is 14.1. The van der Waals surface area contributed by atoms with Crippen LogP contribution in [0, 0.1) is 0 Å². The molecule has 2 N–H and O–H groups in total. The number of nitrogens with one attached hydrogen (secondary N) is 2. The van der Waals surface area contributed by atoms with Gasteiger partial charge in [0.1, 0.15) is 5.76 Å². The number of nitrogens with zero attached hydrogens (tertiary/aromatic N) is 3. The van der Waals surface area contributed by atoms with Crippen molar-refractivity contribution < 1.29 is 9.15 Å². The first-order valence-electron chi connectivity index (χ1n) is 6.70. The van der Waals surface area contributed by atoms with Crippen LogP contribution in [0.15, 0.2) is 22.8 Å². The molecule has 7 nitrogen and oxygen atoms in total. The van der Waals surface area contributed by atoms with Gasteiger partial charge in [0.2, 0.25) is 11.9 Å². The number of anilines is 2. The molecular weight excluding hydrogens is 258 g/mol. The summed E-state index contributed by atoms with van der Waals surface area (Å²) in [5.74, 6) is 1.76. The monoisotopic (exact) mass is 277 g/mol. The topological polar surface area (TPSA) is 85.1 Å². The number of hydrogen-bond donors (Lipinski definition) is 2. The molecule has 0 aliphatic heterocycles. The Labute approximate surface area is 117 Å². The van der Waals surface area contributed by atoms with Crippen molar-refractivity contribution in [3.63, 3.8) is 0 Å². The van der Waals surface area contributed by atoms with Crippen LogP contribution < -0.4 is 15.4 Å². The van der Waals surface area contributed by atoms with E-state index < -0.39 is 0 Å². The molecule has 2 rings (SSSR count). The summed E-state index contributed by atoms with van der Waals surface area (Å²) in [6.07, 6.45) is 2.53. The number of rotatable bonds is 8. The molecule has 0 spiro atoms. The van der Waals surface area contributed by atoms with Crippen molar-refractivity contribution in [2.45, 2.75) is 26.8 Å². The van der Waals surface area contributed by atoms with Crippen molar-refractivity contribution in [2.24, 2.45) is 0 Å². The van der Waals surface area contributed by atoms with Crippen molar-refractivity contribution in [3.05, 3.63) is 24.2 Å². The highest BCUT2D eigenvalue weighted by Crippen LogP contribution is 2.12. The molecule has 2 heterocycles. The molecule has 0 atom stereocenters. The second-order valence-corrected chi connectivity index (χ2v) is 4.08. The first-order chi connectivity index (χ1) is 9.81. The molecule has 0 saturated carbocycles. The summed E-state index contributed by atoms with van der Waals surface area (Å²) in [5.41, 5.74) is 0. The van der Waals surface area contributed by atoms with Crippen LogP contribution in [0.1, 0.15) is 26.0 Å². The standard InChI is InChI=1S/C13H19N5O2/c1-3-7-20-13-17-11(14-4-2)16-12(18-13)15-9-10-6-5-8-19-10/h5-6,8H,3-4,7,9H2,1-2H3,(H2,14,15,16,17,18). The SMILES string of the molecule is CCCOc1nc(NCC)nc(NCc2ccco2)n1. The predicted octanol–water partition coefficient (Wildman–Crippen LogP) is 2.30. The lowest BCUT2D eigenvalue weighted by atomic mass is 10.4. The molecule has 0 aliphatic rings. The summed E-state index contributed by atoms with van der Waals surface area (Å²) >= 11 is 0. The van der Waals surface area contributed by atoms with Gasteiger partial charge in [-0.15, -0.1) is 0 Å². The molecular formula is C13H19N5O2. The van der Waals surface area contributed by atoms with Gasteiger partial charge < -0.3 is 19.8 Å². The van der Waals surface area contributed by atoms with E-state index in [-0.39, 0.29) is 0 Å². The Kier molecular flexibility index (Phi) is 5.16. The van der Waals surface area contributed by atoms with Crippen LogP contribution in [0.3, 0.4) is 0 Å². The Hall–Kier alpha value is -2.31. The van der Waals surface area contributed by atoms with E-state index in [1.807, 2.05) is 26.0 Å². The van der Waals surface area contributed by atoms with E-state index in [9.17, 15) is 0 Å². The van der Waals surface area contributed by atoms with Crippen LogP contribution in [-0.2, 0) is 6.54 Å². The van der Waals surface area contributed by atoms with Gasteiger partial charge in [-0.2, -0.15) is 15.0 Å². The molecule has 108 valence electrons. The lowest BCUT2D eigenvalue weighted by Gasteiger charge is -2.09. The van der Waals surface area contributed by atoms with Crippen LogP contribution in [0.5, 0.6) is 6.01 Å². The van der Waals surface area contributed by atoms with Gasteiger partial charge in [0, 0.05) is 6.54 Å². The minimum Gasteiger partial charge on any atom is -0.467 e. The average molecular weight is 277 g/mol. The highest BCUT2D eigenvalue weighted by atomic mass is 16.5. The van der Waals surface area contributed by atoms with Gasteiger partial charge in [0.25, 0.3) is 0 Å². The molecule has 0 bridgehead atoms. The maximum Gasteiger partial charge on any atom is 0.323 e. The summed E-state index contributed by atoms with van der Waals surface area (Å²) in [4.78, 5) is 12.7. The van der Waals surface area contributed by atoms with Crippen LogP contribution >= 0.6 is 0 Å². The second kappa shape index (κ2) is 7.32. The number of hydrogen-bond acceptors (Lipinski definition) is 7. The summed E-state index contributed by atoms with van der Waals surface area (Å²) in [6.45, 7) is 5.83. The van der Waals surface area contributed by atoms with Crippen molar-refractivity contribution >= 4 is 11.9 Å². The Morgan fingerprint density at radius 2 is 1.95 bits per heavy atom. The molecule has 0 unspecified atom stereocenters. The fraction of sp³-hybridized carbons (Fsp3) is 0.462. The fourth-order valence-electron chi connectivity index (χ4n) is 1.51. The lowest BCUT2D eigenvalue weighted by Crippen LogP contribution is -2.11. The molecule has 0 radical (unpaired) electrons. The quantitative estimate of drug-likeness (QED) is 0.765. The molecule has 0 aromatic carbocycles. The van der Waals surface area contributed by atoms with E-state index in [0.717, 1.165) is 18.7 Å². The van der Waals surface area contributed by atoms with Gasteiger partial charge >= 0.3 is 6.01 Å². The number of furan rings is 1. The molecule has 0 fully saturated rings. The van der Waals surface area contributed by atoms with E-state index >= 15 is 0 Å². The molecule has 0 aliphatic carbocycles. The Balaban J connectivity index is 2.06. The Bertz CT molecular complexity index is 515. The largest absolute Gasteiger partial charge is 0.467 e. The second-order valence-electron chi connectivity index (χ2n) is 4.08.